The smallest absolute Gasteiger partial charge is 0.302 e. The van der Waals surface area contributed by atoms with Crippen LogP contribution in [0.2, 0.25) is 0 Å². The molecule has 1 aliphatic heterocycles. The zero-order valence-electron chi connectivity index (χ0n) is 37.1. The van der Waals surface area contributed by atoms with E-state index in [1.54, 1.807) is 24.6 Å². The average Bonchev–Trinajstić information content (AvgIpc) is 3.17. The molecule has 0 radical (unpaired) electrons. The summed E-state index contributed by atoms with van der Waals surface area (Å²) >= 11 is 0. The molecule has 4 saturated carbocycles. The van der Waals surface area contributed by atoms with E-state index in [1.807, 2.05) is 12.1 Å². The van der Waals surface area contributed by atoms with Gasteiger partial charge in [-0.25, -0.2) is 0 Å². The van der Waals surface area contributed by atoms with E-state index in [4.69, 9.17) is 4.74 Å². The number of phenolic OH excluding ortho intramolecular Hbond substituents is 1. The van der Waals surface area contributed by atoms with Crippen LogP contribution in [-0.4, -0.2) is 85.2 Å². The Morgan fingerprint density at radius 3 is 2.16 bits per heavy atom. The second-order valence-corrected chi connectivity index (χ2v) is 21.3. The van der Waals surface area contributed by atoms with Crippen LogP contribution >= 0.6 is 0 Å². The van der Waals surface area contributed by atoms with Crippen LogP contribution in [0.25, 0.3) is 0 Å². The Morgan fingerprint density at radius 2 is 1.49 bits per heavy atom. The number of esters is 1. The maximum Gasteiger partial charge on any atom is 0.302 e. The van der Waals surface area contributed by atoms with E-state index >= 15 is 0 Å². The van der Waals surface area contributed by atoms with E-state index in [0.29, 0.717) is 41.2 Å². The highest BCUT2D eigenvalue weighted by atomic mass is 16.5. The maximum absolute atomic E-state index is 14.7. The fourth-order valence-corrected chi connectivity index (χ4v) is 14.5. The first-order valence-electron chi connectivity index (χ1n) is 23.1. The van der Waals surface area contributed by atoms with Crippen LogP contribution in [0.5, 0.6) is 5.75 Å². The van der Waals surface area contributed by atoms with Crippen LogP contribution < -0.4 is 10.6 Å². The lowest BCUT2D eigenvalue weighted by atomic mass is 9.33. The largest absolute Gasteiger partial charge is 0.508 e. The number of carbonyl (C=O) groups is 2. The predicted molar refractivity (Wildman–Crippen MR) is 229 cm³/mol. The minimum atomic E-state index is -0.295. The molecule has 5 fully saturated rings. The standard InChI is InChI=1S/C49H78N4O4/c1-34-17-22-49(44(56)51-26-10-28-53-31-29-52(30-32-53)27-9-25-50-33-37-11-13-38(55)14-12-37)24-23-47(7)39(43(49)35(34)2)15-16-41-46(6)20-19-42(57-36(3)54)45(4,5)40(46)18-21-48(41,47)8/h11-15,34-35,40-43,50,55H,9-10,16-33H2,1-8H3,(H,51,56)/t34-,35+,40+,41-,42+,43+,46+,47-,48-,49+/m1/s1. The molecule has 0 spiro atoms. The number of piperazine rings is 1. The topological polar surface area (TPSA) is 94.1 Å². The van der Waals surface area contributed by atoms with E-state index < -0.39 is 0 Å². The molecule has 5 aliphatic carbocycles. The number of amides is 1. The van der Waals surface area contributed by atoms with Crippen molar-refractivity contribution in [2.75, 3.05) is 52.4 Å². The highest BCUT2D eigenvalue weighted by Crippen LogP contribution is 2.76. The molecule has 0 bridgehead atoms. The van der Waals surface area contributed by atoms with Crippen molar-refractivity contribution >= 4 is 11.9 Å². The molecule has 318 valence electrons. The second-order valence-electron chi connectivity index (χ2n) is 21.3. The molecule has 8 heteroatoms. The summed E-state index contributed by atoms with van der Waals surface area (Å²) in [4.78, 5) is 32.0. The van der Waals surface area contributed by atoms with Crippen LogP contribution in [0.15, 0.2) is 35.9 Å². The quantitative estimate of drug-likeness (QED) is 0.111. The first-order valence-corrected chi connectivity index (χ1v) is 23.1. The maximum atomic E-state index is 14.7. The van der Waals surface area contributed by atoms with E-state index in [1.165, 1.54) is 18.4 Å². The fourth-order valence-electron chi connectivity index (χ4n) is 14.5. The molecule has 0 aromatic heterocycles. The number of benzene rings is 1. The number of fused-ring (bicyclic) bond motifs is 7. The van der Waals surface area contributed by atoms with E-state index in [-0.39, 0.29) is 39.1 Å². The van der Waals surface area contributed by atoms with Gasteiger partial charge in [-0.1, -0.05) is 72.2 Å². The third-order valence-corrected chi connectivity index (χ3v) is 18.2. The van der Waals surface area contributed by atoms with Gasteiger partial charge in [0.25, 0.3) is 0 Å². The number of aromatic hydroxyl groups is 1. The van der Waals surface area contributed by atoms with Crippen molar-refractivity contribution < 1.29 is 19.4 Å². The van der Waals surface area contributed by atoms with Gasteiger partial charge in [0.15, 0.2) is 0 Å². The minimum absolute atomic E-state index is 0.000559. The second kappa shape index (κ2) is 16.6. The number of nitrogens with zero attached hydrogens (tertiary/aromatic N) is 2. The first kappa shape index (κ1) is 42.7. The molecule has 10 atom stereocenters. The molecule has 1 aromatic carbocycles. The number of carbonyl (C=O) groups excluding carboxylic acids is 2. The van der Waals surface area contributed by atoms with Crippen molar-refractivity contribution in [2.24, 2.45) is 56.7 Å². The van der Waals surface area contributed by atoms with E-state index in [0.717, 1.165) is 117 Å². The fraction of sp³-hybridized carbons (Fsp3) is 0.796. The summed E-state index contributed by atoms with van der Waals surface area (Å²) in [6, 6.07) is 7.44. The number of ether oxygens (including phenoxy) is 1. The van der Waals surface area contributed by atoms with Crippen molar-refractivity contribution in [1.82, 2.24) is 20.4 Å². The Kier molecular flexibility index (Phi) is 12.4. The molecule has 8 nitrogen and oxygen atoms in total. The average molecular weight is 787 g/mol. The zero-order valence-corrected chi connectivity index (χ0v) is 37.1. The number of hydrogen-bond acceptors (Lipinski definition) is 7. The highest BCUT2D eigenvalue weighted by Gasteiger charge is 2.69. The van der Waals surface area contributed by atoms with Gasteiger partial charge in [0.1, 0.15) is 11.9 Å². The molecular weight excluding hydrogens is 709 g/mol. The Balaban J connectivity index is 0.940. The molecule has 7 rings (SSSR count). The zero-order chi connectivity index (χ0) is 40.8. The van der Waals surface area contributed by atoms with Crippen molar-refractivity contribution in [3.63, 3.8) is 0 Å². The van der Waals surface area contributed by atoms with Crippen LogP contribution in [-0.2, 0) is 20.9 Å². The molecule has 6 aliphatic rings. The molecule has 1 amide bonds. The summed E-state index contributed by atoms with van der Waals surface area (Å²) < 4.78 is 5.98. The van der Waals surface area contributed by atoms with E-state index in [2.05, 4.69) is 75.0 Å². The number of phenols is 1. The van der Waals surface area contributed by atoms with Gasteiger partial charge < -0.3 is 30.3 Å². The lowest BCUT2D eigenvalue weighted by Gasteiger charge is -2.71. The normalized spacial score (nSPS) is 39.1. The van der Waals surface area contributed by atoms with Crippen molar-refractivity contribution in [3.8, 4) is 5.75 Å². The number of hydrogen-bond donors (Lipinski definition) is 3. The summed E-state index contributed by atoms with van der Waals surface area (Å²) in [5, 5.41) is 16.6. The van der Waals surface area contributed by atoms with Crippen LogP contribution in [0.4, 0.5) is 0 Å². The van der Waals surface area contributed by atoms with Crippen LogP contribution in [0.3, 0.4) is 0 Å². The number of nitrogens with one attached hydrogen (secondary N) is 2. The molecule has 1 aromatic rings. The molecule has 0 unspecified atom stereocenters. The SMILES string of the molecule is CC(=O)O[C@H]1CC[C@]2(C)[C@H]3CC=C4[C@@H]5[C@@H](C)[C@H](C)CC[C@]5(C(=O)NCCCN5CCN(CCCNCc6ccc(O)cc6)CC5)CC[C@@]4(C)[C@]3(C)CC[C@H]2C1(C)C. The third kappa shape index (κ3) is 7.75. The Hall–Kier alpha value is -2.42. The summed E-state index contributed by atoms with van der Waals surface area (Å²) in [6.45, 7) is 28.3. The first-order chi connectivity index (χ1) is 27.0. The Morgan fingerprint density at radius 1 is 0.825 bits per heavy atom. The lowest BCUT2D eigenvalue weighted by molar-refractivity contribution is -0.212. The van der Waals surface area contributed by atoms with E-state index in [9.17, 15) is 14.7 Å². The van der Waals surface area contributed by atoms with Gasteiger partial charge >= 0.3 is 5.97 Å². The van der Waals surface area contributed by atoms with Crippen LogP contribution in [0.1, 0.15) is 132 Å². The third-order valence-electron chi connectivity index (χ3n) is 18.2. The van der Waals surface area contributed by atoms with Gasteiger partial charge in [-0.3, -0.25) is 9.59 Å². The van der Waals surface area contributed by atoms with Crippen molar-refractivity contribution in [1.29, 1.82) is 0 Å². The van der Waals surface area contributed by atoms with Gasteiger partial charge in [0, 0.05) is 51.6 Å². The summed E-state index contributed by atoms with van der Waals surface area (Å²) in [6.07, 6.45) is 14.7. The highest BCUT2D eigenvalue weighted by molar-refractivity contribution is 5.84. The van der Waals surface area contributed by atoms with Gasteiger partial charge in [0.2, 0.25) is 5.91 Å². The van der Waals surface area contributed by atoms with Crippen molar-refractivity contribution in [3.05, 3.63) is 41.5 Å². The number of rotatable bonds is 12. The Bertz CT molecular complexity index is 1620. The number of allylic oxidation sites excluding steroid dienone is 2. The molecule has 3 N–H and O–H groups in total. The van der Waals surface area contributed by atoms with Crippen molar-refractivity contribution in [2.45, 2.75) is 139 Å². The van der Waals surface area contributed by atoms with Gasteiger partial charge in [-0.15, -0.1) is 0 Å². The van der Waals surface area contributed by atoms with Crippen LogP contribution in [0, 0.1) is 56.7 Å². The molecular formula is C49H78N4O4. The van der Waals surface area contributed by atoms with Gasteiger partial charge in [-0.05, 0) is 154 Å². The molecule has 1 saturated heterocycles. The summed E-state index contributed by atoms with van der Waals surface area (Å²) in [5.41, 5.74) is 2.99. The van der Waals surface area contributed by atoms with Gasteiger partial charge in [0.05, 0.1) is 5.41 Å². The summed E-state index contributed by atoms with van der Waals surface area (Å²) in [5.74, 6) is 3.06. The Labute approximate surface area is 345 Å². The minimum Gasteiger partial charge on any atom is -0.508 e. The molecule has 57 heavy (non-hydrogen) atoms. The predicted octanol–water partition coefficient (Wildman–Crippen LogP) is 8.59. The summed E-state index contributed by atoms with van der Waals surface area (Å²) in [7, 11) is 0. The monoisotopic (exact) mass is 787 g/mol. The lowest BCUT2D eigenvalue weighted by Crippen LogP contribution is -2.66. The van der Waals surface area contributed by atoms with Gasteiger partial charge in [-0.2, -0.15) is 0 Å². The molecule has 1 heterocycles.